The molecule has 328 valence electrons. The van der Waals surface area contributed by atoms with Gasteiger partial charge in [-0.05, 0) is 91.1 Å². The third-order valence-electron chi connectivity index (χ3n) is 17.1. The van der Waals surface area contributed by atoms with E-state index in [-0.39, 0.29) is 42.3 Å². The summed E-state index contributed by atoms with van der Waals surface area (Å²) in [5.41, 5.74) is -2.81. The molecule has 4 saturated carbocycles. The lowest BCUT2D eigenvalue weighted by molar-refractivity contribution is -0.328. The van der Waals surface area contributed by atoms with Gasteiger partial charge in [-0.25, -0.2) is 9.59 Å². The second kappa shape index (κ2) is 15.1. The van der Waals surface area contributed by atoms with Gasteiger partial charge in [-0.1, -0.05) is 71.4 Å². The van der Waals surface area contributed by atoms with Crippen LogP contribution >= 0.6 is 0 Å². The molecule has 1 aromatic rings. The average molecular weight is 829 g/mol. The fourth-order valence-electron chi connectivity index (χ4n) is 13.6. The highest BCUT2D eigenvalue weighted by atomic mass is 16.7. The molecule has 0 radical (unpaired) electrons. The maximum absolute atomic E-state index is 13.5. The topological polar surface area (TPSA) is 230 Å². The summed E-state index contributed by atoms with van der Waals surface area (Å²) in [6.07, 6.45) is -6.76. The maximum atomic E-state index is 13.5. The molecule has 5 aliphatic carbocycles. The van der Waals surface area contributed by atoms with Crippen LogP contribution in [0.5, 0.6) is 0 Å². The van der Waals surface area contributed by atoms with Crippen molar-refractivity contribution >= 4 is 17.9 Å². The van der Waals surface area contributed by atoms with E-state index in [1.807, 2.05) is 20.8 Å². The largest absolute Gasteiger partial charge is 0.479 e. The Morgan fingerprint density at radius 3 is 2.17 bits per heavy atom. The van der Waals surface area contributed by atoms with Crippen LogP contribution in [0.2, 0.25) is 0 Å². The minimum atomic E-state index is -1.85. The van der Waals surface area contributed by atoms with Crippen molar-refractivity contribution in [1.82, 2.24) is 0 Å². The lowest BCUT2D eigenvalue weighted by Gasteiger charge is -2.72. The minimum Gasteiger partial charge on any atom is -0.479 e. The van der Waals surface area contributed by atoms with E-state index < -0.39 is 101 Å². The van der Waals surface area contributed by atoms with Gasteiger partial charge in [0.25, 0.3) is 0 Å². The quantitative estimate of drug-likeness (QED) is 0.113. The van der Waals surface area contributed by atoms with Gasteiger partial charge in [0, 0.05) is 17.8 Å². The van der Waals surface area contributed by atoms with Crippen LogP contribution < -0.4 is 0 Å². The third-order valence-corrected chi connectivity index (χ3v) is 17.1. The van der Waals surface area contributed by atoms with Gasteiger partial charge in [-0.2, -0.15) is 0 Å². The highest BCUT2D eigenvalue weighted by Crippen LogP contribution is 2.76. The van der Waals surface area contributed by atoms with Crippen LogP contribution in [0.4, 0.5) is 0 Å². The number of rotatable bonds is 8. The standard InChI is InChI=1S/C45H64O14/c1-23(47)56-22-45-26(19-40(2,3)36(35(45)52)59-38(55)24-11-9-8-10-12-24)25-13-14-28-41(4)17-16-30(57-39-33(51)31(49)32(50)34(58-39)37(53)54)42(5,21-46)27(41)15-18-43(28,6)44(25,7)20-29(45)48/h8-13,26-36,39,46,48-52H,14-22H2,1-7H3,(H,53,54)/t26?,27?,28?,29-,30-,31-,32-,33+,34-,35-,36-,39+,41-,42-,43+,44+,45-/m0/s1. The van der Waals surface area contributed by atoms with Gasteiger partial charge in [-0.3, -0.25) is 4.79 Å². The molecule has 1 heterocycles. The molecule has 1 aliphatic heterocycles. The summed E-state index contributed by atoms with van der Waals surface area (Å²) in [7, 11) is 0. The van der Waals surface area contributed by atoms with Crippen LogP contribution in [0.25, 0.3) is 0 Å². The van der Waals surface area contributed by atoms with Crippen molar-refractivity contribution in [2.45, 2.75) is 149 Å². The Morgan fingerprint density at radius 2 is 1.54 bits per heavy atom. The number of benzene rings is 1. The highest BCUT2D eigenvalue weighted by Gasteiger charge is 2.73. The molecule has 5 fully saturated rings. The van der Waals surface area contributed by atoms with Crippen molar-refractivity contribution in [2.75, 3.05) is 13.2 Å². The monoisotopic (exact) mass is 828 g/mol. The molecule has 17 atom stereocenters. The fraction of sp³-hybridized carbons (Fsp3) is 0.756. The third kappa shape index (κ3) is 6.53. The first-order chi connectivity index (χ1) is 27.5. The van der Waals surface area contributed by atoms with Crippen LogP contribution in [-0.2, 0) is 28.5 Å². The molecule has 0 spiro atoms. The molecular formula is C45H64O14. The molecule has 0 amide bonds. The summed E-state index contributed by atoms with van der Waals surface area (Å²) >= 11 is 0. The lowest BCUT2D eigenvalue weighted by atomic mass is 9.33. The van der Waals surface area contributed by atoms with Crippen molar-refractivity contribution in [2.24, 2.45) is 50.2 Å². The molecule has 0 aromatic heterocycles. The van der Waals surface area contributed by atoms with Gasteiger partial charge in [0.2, 0.25) is 0 Å². The van der Waals surface area contributed by atoms with Crippen LogP contribution in [0.1, 0.15) is 104 Å². The zero-order valence-electron chi connectivity index (χ0n) is 35.2. The molecule has 14 heteroatoms. The summed E-state index contributed by atoms with van der Waals surface area (Å²) in [5.74, 6) is -3.07. The Balaban J connectivity index is 1.22. The van der Waals surface area contributed by atoms with Crippen LogP contribution in [0.15, 0.2) is 42.0 Å². The zero-order chi connectivity index (χ0) is 43.2. The number of allylic oxidation sites excluding steroid dienone is 2. The molecule has 14 nitrogen and oxygen atoms in total. The molecule has 59 heavy (non-hydrogen) atoms. The molecule has 6 aliphatic rings. The number of esters is 2. The zero-order valence-corrected chi connectivity index (χ0v) is 35.2. The number of aliphatic hydroxyl groups is 6. The first kappa shape index (κ1) is 44.1. The summed E-state index contributed by atoms with van der Waals surface area (Å²) in [6.45, 7) is 13.4. The number of aliphatic hydroxyl groups excluding tert-OH is 6. The summed E-state index contributed by atoms with van der Waals surface area (Å²) in [5, 5.41) is 77.6. The molecule has 3 unspecified atom stereocenters. The van der Waals surface area contributed by atoms with Crippen molar-refractivity contribution in [3.05, 3.63) is 47.5 Å². The Labute approximate surface area is 345 Å². The van der Waals surface area contributed by atoms with E-state index in [0.717, 1.165) is 12.0 Å². The Morgan fingerprint density at radius 1 is 0.864 bits per heavy atom. The number of hydrogen-bond donors (Lipinski definition) is 7. The second-order valence-corrected chi connectivity index (χ2v) is 20.4. The summed E-state index contributed by atoms with van der Waals surface area (Å²) < 4.78 is 23.7. The van der Waals surface area contributed by atoms with Gasteiger partial charge in [-0.15, -0.1) is 0 Å². The van der Waals surface area contributed by atoms with E-state index in [0.29, 0.717) is 37.7 Å². The van der Waals surface area contributed by atoms with Crippen molar-refractivity contribution in [3.63, 3.8) is 0 Å². The van der Waals surface area contributed by atoms with Crippen LogP contribution in [-0.4, -0.2) is 122 Å². The van der Waals surface area contributed by atoms with E-state index in [1.54, 1.807) is 30.3 Å². The second-order valence-electron chi connectivity index (χ2n) is 20.4. The first-order valence-electron chi connectivity index (χ1n) is 21.2. The number of aliphatic carboxylic acids is 1. The van der Waals surface area contributed by atoms with Gasteiger partial charge < -0.3 is 54.7 Å². The molecule has 7 rings (SSSR count). The summed E-state index contributed by atoms with van der Waals surface area (Å²) in [4.78, 5) is 37.7. The van der Waals surface area contributed by atoms with E-state index in [2.05, 4.69) is 26.8 Å². The number of carboxylic acids is 1. The van der Waals surface area contributed by atoms with E-state index in [9.17, 15) is 50.1 Å². The molecule has 1 saturated heterocycles. The normalized spacial score (nSPS) is 47.6. The van der Waals surface area contributed by atoms with E-state index in [4.69, 9.17) is 18.9 Å². The average Bonchev–Trinajstić information content (AvgIpc) is 3.17. The van der Waals surface area contributed by atoms with Gasteiger partial charge in [0.1, 0.15) is 37.1 Å². The minimum absolute atomic E-state index is 0.0773. The number of fused-ring (bicyclic) bond motifs is 7. The Hall–Kier alpha value is -2.95. The van der Waals surface area contributed by atoms with Gasteiger partial charge >= 0.3 is 17.9 Å². The van der Waals surface area contributed by atoms with Crippen LogP contribution in [0, 0.1) is 50.2 Å². The highest BCUT2D eigenvalue weighted by molar-refractivity contribution is 5.89. The van der Waals surface area contributed by atoms with Crippen molar-refractivity contribution in [1.29, 1.82) is 0 Å². The van der Waals surface area contributed by atoms with Crippen LogP contribution in [0.3, 0.4) is 0 Å². The van der Waals surface area contributed by atoms with E-state index >= 15 is 0 Å². The Bertz CT molecular complexity index is 1820. The number of carboxylic acid groups (broad SMARTS) is 1. The molecule has 7 N–H and O–H groups in total. The predicted molar refractivity (Wildman–Crippen MR) is 210 cm³/mol. The smallest absolute Gasteiger partial charge is 0.338 e. The maximum Gasteiger partial charge on any atom is 0.338 e. The molecule has 0 bridgehead atoms. The van der Waals surface area contributed by atoms with E-state index in [1.165, 1.54) is 6.92 Å². The van der Waals surface area contributed by atoms with Gasteiger partial charge in [0.05, 0.1) is 29.8 Å². The fourth-order valence-corrected chi connectivity index (χ4v) is 13.6. The lowest BCUT2D eigenvalue weighted by Crippen LogP contribution is -2.72. The first-order valence-corrected chi connectivity index (χ1v) is 21.2. The number of carbonyl (C=O) groups is 3. The SMILES string of the molecule is CC(=O)OC[C@@]12C(CC(C)(C)[C@@H](OC(=O)c3ccccc3)[C@@H]1O)C1=CCC3[C@@]4(C)CC[C@H](O[C@@H]5O[C@H](C(=O)O)[C@@H](O)[C@H](O)[C@H]5O)[C@@](C)(CO)C4CC[C@@]3(C)[C@]1(C)C[C@@H]2O. The summed E-state index contributed by atoms with van der Waals surface area (Å²) in [6, 6.07) is 8.56. The van der Waals surface area contributed by atoms with Crippen molar-refractivity contribution < 1.29 is 69.1 Å². The Kier molecular flexibility index (Phi) is 11.3. The number of carbonyl (C=O) groups excluding carboxylic acids is 2. The molecule has 1 aromatic carbocycles. The predicted octanol–water partition coefficient (Wildman–Crippen LogP) is 3.38. The number of ether oxygens (including phenoxy) is 4. The van der Waals surface area contributed by atoms with Crippen molar-refractivity contribution in [3.8, 4) is 0 Å². The number of hydrogen-bond acceptors (Lipinski definition) is 13. The molecular weight excluding hydrogens is 764 g/mol. The van der Waals surface area contributed by atoms with Gasteiger partial charge in [0.15, 0.2) is 12.4 Å².